The van der Waals surface area contributed by atoms with Gasteiger partial charge in [-0.25, -0.2) is 0 Å². The molecule has 6 heavy (non-hydrogen) atoms. The Morgan fingerprint density at radius 3 is 1.50 bits per heavy atom. The van der Waals surface area contributed by atoms with E-state index in [4.69, 9.17) is 4.74 Å². The SMILES string of the molecule is C1COC1.CBr. The molecule has 0 atom stereocenters. The van der Waals surface area contributed by atoms with Crippen molar-refractivity contribution < 1.29 is 4.74 Å². The Morgan fingerprint density at radius 2 is 1.50 bits per heavy atom. The lowest BCUT2D eigenvalue weighted by Crippen LogP contribution is -2.09. The predicted molar refractivity (Wildman–Crippen MR) is 30.3 cm³/mol. The van der Waals surface area contributed by atoms with Crippen molar-refractivity contribution in [3.8, 4) is 0 Å². The Hall–Kier alpha value is 0.440. The third-order valence-corrected chi connectivity index (χ3v) is 0.577. The molecule has 1 rings (SSSR count). The maximum atomic E-state index is 4.72. The first-order valence-corrected chi connectivity index (χ1v) is 3.54. The van der Waals surface area contributed by atoms with Crippen molar-refractivity contribution in [2.75, 3.05) is 19.0 Å². The molecule has 38 valence electrons. The van der Waals surface area contributed by atoms with Gasteiger partial charge in [0.25, 0.3) is 0 Å². The van der Waals surface area contributed by atoms with Crippen LogP contribution in [-0.4, -0.2) is 19.0 Å². The normalized spacial score (nSPS) is 17.0. The van der Waals surface area contributed by atoms with Gasteiger partial charge in [-0.15, -0.1) is 0 Å². The van der Waals surface area contributed by atoms with E-state index in [1.807, 2.05) is 5.83 Å². The quantitative estimate of drug-likeness (QED) is 0.478. The minimum atomic E-state index is 1.00. The molecule has 1 aliphatic rings. The summed E-state index contributed by atoms with van der Waals surface area (Å²) in [5.41, 5.74) is 0. The summed E-state index contributed by atoms with van der Waals surface area (Å²) < 4.78 is 4.72. The smallest absolute Gasteiger partial charge is 0.0488 e. The van der Waals surface area contributed by atoms with Crippen LogP contribution in [0, 0.1) is 0 Å². The van der Waals surface area contributed by atoms with E-state index in [9.17, 15) is 0 Å². The summed E-state index contributed by atoms with van der Waals surface area (Å²) in [6.07, 6.45) is 1.28. The maximum Gasteiger partial charge on any atom is 0.0488 e. The molecular weight excluding hydrogens is 144 g/mol. The van der Waals surface area contributed by atoms with E-state index < -0.39 is 0 Å². The molecular formula is C4H9BrO. The Kier molecular flexibility index (Phi) is 5.84. The van der Waals surface area contributed by atoms with Gasteiger partial charge in [-0.3, -0.25) is 0 Å². The van der Waals surface area contributed by atoms with E-state index in [1.54, 1.807) is 0 Å². The van der Waals surface area contributed by atoms with Crippen molar-refractivity contribution in [3.63, 3.8) is 0 Å². The second-order valence-electron chi connectivity index (χ2n) is 0.966. The fourth-order valence-corrected chi connectivity index (χ4v) is 0.144. The van der Waals surface area contributed by atoms with Crippen LogP contribution < -0.4 is 0 Å². The molecule has 0 saturated carbocycles. The molecule has 0 unspecified atom stereocenters. The van der Waals surface area contributed by atoms with Gasteiger partial charge in [0, 0.05) is 13.2 Å². The summed E-state index contributed by atoms with van der Waals surface area (Å²) >= 11 is 2.94. The molecule has 0 aromatic rings. The van der Waals surface area contributed by atoms with Crippen LogP contribution in [0.5, 0.6) is 0 Å². The molecule has 2 heteroatoms. The Labute approximate surface area is 46.8 Å². The van der Waals surface area contributed by atoms with Crippen LogP contribution >= 0.6 is 15.9 Å². The minimum absolute atomic E-state index is 1.00. The van der Waals surface area contributed by atoms with Crippen LogP contribution in [-0.2, 0) is 4.74 Å². The summed E-state index contributed by atoms with van der Waals surface area (Å²) in [5.74, 6) is 1.81. The summed E-state index contributed by atoms with van der Waals surface area (Å²) in [4.78, 5) is 0. The molecule has 0 aliphatic carbocycles. The van der Waals surface area contributed by atoms with Crippen molar-refractivity contribution >= 4 is 15.9 Å². The van der Waals surface area contributed by atoms with Gasteiger partial charge in [0.05, 0.1) is 0 Å². The third kappa shape index (κ3) is 2.67. The molecule has 1 heterocycles. The van der Waals surface area contributed by atoms with Crippen LogP contribution in [0.3, 0.4) is 0 Å². The zero-order valence-corrected chi connectivity index (χ0v) is 5.49. The first-order valence-electron chi connectivity index (χ1n) is 1.96. The standard InChI is InChI=1S/C3H6O.CH3Br/c1-2-4-3-1;1-2/h1-3H2;1H3. The van der Waals surface area contributed by atoms with Crippen molar-refractivity contribution in [1.29, 1.82) is 0 Å². The summed E-state index contributed by atoms with van der Waals surface area (Å²) in [6, 6.07) is 0. The Morgan fingerprint density at radius 1 is 1.33 bits per heavy atom. The summed E-state index contributed by atoms with van der Waals surface area (Å²) in [7, 11) is 0. The highest BCUT2D eigenvalue weighted by Crippen LogP contribution is 1.93. The predicted octanol–water partition coefficient (Wildman–Crippen LogP) is 1.42. The third-order valence-electron chi connectivity index (χ3n) is 0.577. The molecule has 0 aromatic carbocycles. The molecule has 1 fully saturated rings. The van der Waals surface area contributed by atoms with Gasteiger partial charge in [-0.05, 0) is 12.3 Å². The lowest BCUT2D eigenvalue weighted by atomic mass is 10.4. The van der Waals surface area contributed by atoms with Crippen molar-refractivity contribution in [2.24, 2.45) is 0 Å². The lowest BCUT2D eigenvalue weighted by molar-refractivity contribution is 0.0367. The van der Waals surface area contributed by atoms with E-state index >= 15 is 0 Å². The van der Waals surface area contributed by atoms with E-state index in [-0.39, 0.29) is 0 Å². The van der Waals surface area contributed by atoms with Crippen molar-refractivity contribution in [2.45, 2.75) is 6.42 Å². The van der Waals surface area contributed by atoms with Crippen LogP contribution in [0.1, 0.15) is 6.42 Å². The van der Waals surface area contributed by atoms with Gasteiger partial charge in [0.15, 0.2) is 0 Å². The Bertz CT molecular complexity index is 15.5. The fraction of sp³-hybridized carbons (Fsp3) is 1.00. The fourth-order valence-electron chi connectivity index (χ4n) is 0.144. The monoisotopic (exact) mass is 152 g/mol. The van der Waals surface area contributed by atoms with Gasteiger partial charge in [-0.1, -0.05) is 15.9 Å². The topological polar surface area (TPSA) is 9.23 Å². The molecule has 1 nitrogen and oxygen atoms in total. The van der Waals surface area contributed by atoms with Crippen molar-refractivity contribution in [3.05, 3.63) is 0 Å². The van der Waals surface area contributed by atoms with E-state index in [0.29, 0.717) is 0 Å². The highest BCUT2D eigenvalue weighted by molar-refractivity contribution is 9.08. The molecule has 0 bridgehead atoms. The number of hydrogen-bond donors (Lipinski definition) is 0. The lowest BCUT2D eigenvalue weighted by Gasteiger charge is -2.09. The largest absolute Gasteiger partial charge is 0.381 e. The zero-order chi connectivity index (χ0) is 4.83. The number of hydrogen-bond acceptors (Lipinski definition) is 1. The number of rotatable bonds is 0. The van der Waals surface area contributed by atoms with E-state index in [1.165, 1.54) is 6.42 Å². The van der Waals surface area contributed by atoms with E-state index in [2.05, 4.69) is 15.9 Å². The molecule has 0 radical (unpaired) electrons. The van der Waals surface area contributed by atoms with Crippen molar-refractivity contribution in [1.82, 2.24) is 0 Å². The minimum Gasteiger partial charge on any atom is -0.381 e. The van der Waals surface area contributed by atoms with Crippen LogP contribution in [0.2, 0.25) is 0 Å². The zero-order valence-electron chi connectivity index (χ0n) is 3.91. The van der Waals surface area contributed by atoms with Crippen LogP contribution in [0.25, 0.3) is 0 Å². The number of alkyl halides is 1. The average molecular weight is 153 g/mol. The molecule has 0 aromatic heterocycles. The van der Waals surface area contributed by atoms with Gasteiger partial charge >= 0.3 is 0 Å². The van der Waals surface area contributed by atoms with Crippen LogP contribution in [0.15, 0.2) is 0 Å². The number of halogens is 1. The highest BCUT2D eigenvalue weighted by atomic mass is 79.9. The molecule has 1 aliphatic heterocycles. The molecule has 0 spiro atoms. The molecule has 1 saturated heterocycles. The molecule has 0 N–H and O–H groups in total. The Balaban J connectivity index is 0.000000112. The number of ether oxygens (including phenoxy) is 1. The van der Waals surface area contributed by atoms with Gasteiger partial charge in [-0.2, -0.15) is 0 Å². The highest BCUT2D eigenvalue weighted by Gasteiger charge is 1.94. The van der Waals surface area contributed by atoms with Gasteiger partial charge in [0.2, 0.25) is 0 Å². The maximum absolute atomic E-state index is 4.72. The second-order valence-corrected chi connectivity index (χ2v) is 0.966. The van der Waals surface area contributed by atoms with E-state index in [0.717, 1.165) is 13.2 Å². The first-order chi connectivity index (χ1) is 3.00. The molecule has 0 amide bonds. The first kappa shape index (κ1) is 6.44. The second kappa shape index (κ2) is 5.44. The van der Waals surface area contributed by atoms with Gasteiger partial charge < -0.3 is 4.74 Å². The van der Waals surface area contributed by atoms with Crippen LogP contribution in [0.4, 0.5) is 0 Å². The summed E-state index contributed by atoms with van der Waals surface area (Å²) in [6.45, 7) is 2.00. The average Bonchev–Trinajstić information content (AvgIpc) is 1.36. The summed E-state index contributed by atoms with van der Waals surface area (Å²) in [5, 5.41) is 0. The van der Waals surface area contributed by atoms with Gasteiger partial charge in [0.1, 0.15) is 0 Å².